The Morgan fingerprint density at radius 2 is 1.96 bits per heavy atom. The smallest absolute Gasteiger partial charge is 0.227 e. The molecule has 5 heteroatoms. The van der Waals surface area contributed by atoms with Crippen molar-refractivity contribution >= 4 is 17.2 Å². The summed E-state index contributed by atoms with van der Waals surface area (Å²) in [6.45, 7) is 1.86. The lowest BCUT2D eigenvalue weighted by molar-refractivity contribution is -0.136. The molecular formula is C23H24N2O2S. The summed E-state index contributed by atoms with van der Waals surface area (Å²) in [5.41, 5.74) is 2.98. The number of amides is 1. The third-order valence-electron chi connectivity index (χ3n) is 5.40. The minimum atomic E-state index is -0.414. The second kappa shape index (κ2) is 8.67. The van der Waals surface area contributed by atoms with Gasteiger partial charge in [-0.3, -0.25) is 9.78 Å². The van der Waals surface area contributed by atoms with Crippen LogP contribution in [0.2, 0.25) is 0 Å². The number of hydrogen-bond acceptors (Lipinski definition) is 4. The Morgan fingerprint density at radius 3 is 2.71 bits per heavy atom. The molecule has 0 radical (unpaired) electrons. The molecule has 0 atom stereocenters. The van der Waals surface area contributed by atoms with Crippen LogP contribution in [0.15, 0.2) is 66.3 Å². The summed E-state index contributed by atoms with van der Waals surface area (Å²) in [5.74, 6) is 0.135. The van der Waals surface area contributed by atoms with Crippen molar-refractivity contribution in [2.45, 2.75) is 25.8 Å². The van der Waals surface area contributed by atoms with Crippen LogP contribution >= 0.6 is 11.3 Å². The minimum Gasteiger partial charge on any atom is -0.381 e. The van der Waals surface area contributed by atoms with E-state index >= 15 is 0 Å². The summed E-state index contributed by atoms with van der Waals surface area (Å²) in [4.78, 5) is 18.6. The molecule has 1 fully saturated rings. The van der Waals surface area contributed by atoms with Crippen LogP contribution in [0.25, 0.3) is 11.1 Å². The molecule has 0 bridgehead atoms. The molecule has 1 amide bonds. The summed E-state index contributed by atoms with van der Waals surface area (Å²) in [6, 6.07) is 16.5. The number of aromatic nitrogens is 1. The summed E-state index contributed by atoms with van der Waals surface area (Å²) in [6.07, 6.45) is 5.88. The second-order valence-corrected chi connectivity index (χ2v) is 8.31. The highest BCUT2D eigenvalue weighted by molar-refractivity contribution is 7.09. The van der Waals surface area contributed by atoms with Crippen LogP contribution in [0.4, 0.5) is 0 Å². The number of carbonyl (C=O) groups is 1. The van der Waals surface area contributed by atoms with E-state index in [4.69, 9.17) is 4.74 Å². The Bertz CT molecular complexity index is 903. The molecule has 1 saturated heterocycles. The Balaban J connectivity index is 1.54. The average molecular weight is 393 g/mol. The topological polar surface area (TPSA) is 51.2 Å². The lowest BCUT2D eigenvalue weighted by Gasteiger charge is -2.36. The van der Waals surface area contributed by atoms with Crippen molar-refractivity contribution in [1.29, 1.82) is 0 Å². The van der Waals surface area contributed by atoms with E-state index in [9.17, 15) is 4.79 Å². The van der Waals surface area contributed by atoms with Gasteiger partial charge in [0.2, 0.25) is 5.91 Å². The normalized spacial score (nSPS) is 15.9. The number of hydrogen-bond donors (Lipinski definition) is 1. The third kappa shape index (κ3) is 4.32. The Hall–Kier alpha value is -2.50. The molecule has 0 aliphatic carbocycles. The molecule has 3 heterocycles. The molecule has 4 rings (SSSR count). The standard InChI is InChI=1S/C23H24N2O2S/c26-22(25-17-21-7-3-13-28-21)23(8-11-27-12-9-23)15-18-4-1-5-19(14-18)20-6-2-10-24-16-20/h1-7,10,13-14,16H,8-9,11-12,15,17H2,(H,25,26). The van der Waals surface area contributed by atoms with Gasteiger partial charge in [-0.1, -0.05) is 36.4 Å². The maximum Gasteiger partial charge on any atom is 0.227 e. The van der Waals surface area contributed by atoms with E-state index in [1.165, 1.54) is 10.4 Å². The molecule has 4 nitrogen and oxygen atoms in total. The quantitative estimate of drug-likeness (QED) is 0.674. The number of nitrogens with zero attached hydrogens (tertiary/aromatic N) is 1. The SMILES string of the molecule is O=C(NCc1cccs1)C1(Cc2cccc(-c3cccnc3)c2)CCOCC1. The highest BCUT2D eigenvalue weighted by atomic mass is 32.1. The van der Waals surface area contributed by atoms with Gasteiger partial charge >= 0.3 is 0 Å². The molecule has 2 aromatic heterocycles. The van der Waals surface area contributed by atoms with Gasteiger partial charge in [-0.15, -0.1) is 11.3 Å². The zero-order valence-electron chi connectivity index (χ0n) is 15.8. The molecule has 0 spiro atoms. The highest BCUT2D eigenvalue weighted by Crippen LogP contribution is 2.36. The molecule has 1 N–H and O–H groups in total. The molecule has 144 valence electrons. The maximum absolute atomic E-state index is 13.2. The number of rotatable bonds is 6. The number of pyridine rings is 1. The number of carbonyl (C=O) groups excluding carboxylic acids is 1. The first-order valence-corrected chi connectivity index (χ1v) is 10.5. The third-order valence-corrected chi connectivity index (χ3v) is 6.28. The van der Waals surface area contributed by atoms with Crippen molar-refractivity contribution in [2.24, 2.45) is 5.41 Å². The van der Waals surface area contributed by atoms with Gasteiger partial charge in [-0.05, 0) is 53.5 Å². The predicted octanol–water partition coefficient (Wildman–Crippen LogP) is 4.47. The molecule has 1 aliphatic rings. The van der Waals surface area contributed by atoms with Crippen molar-refractivity contribution in [2.75, 3.05) is 13.2 Å². The van der Waals surface area contributed by atoms with Crippen LogP contribution in [0.1, 0.15) is 23.3 Å². The average Bonchev–Trinajstić information content (AvgIpc) is 3.27. The highest BCUT2D eigenvalue weighted by Gasteiger charge is 2.40. The van der Waals surface area contributed by atoms with Crippen molar-refractivity contribution in [3.63, 3.8) is 0 Å². The van der Waals surface area contributed by atoms with E-state index < -0.39 is 5.41 Å². The Morgan fingerprint density at radius 1 is 1.11 bits per heavy atom. The lowest BCUT2D eigenvalue weighted by atomic mass is 9.74. The van der Waals surface area contributed by atoms with Crippen LogP contribution in [-0.2, 0) is 22.5 Å². The van der Waals surface area contributed by atoms with Gasteiger partial charge < -0.3 is 10.1 Å². The van der Waals surface area contributed by atoms with Crippen molar-refractivity contribution in [3.05, 3.63) is 76.7 Å². The number of benzene rings is 1. The minimum absolute atomic E-state index is 0.135. The predicted molar refractivity (Wildman–Crippen MR) is 112 cm³/mol. The Kier molecular flexibility index (Phi) is 5.84. The van der Waals surface area contributed by atoms with E-state index in [1.54, 1.807) is 17.5 Å². The summed E-state index contributed by atoms with van der Waals surface area (Å²) in [7, 11) is 0. The zero-order chi connectivity index (χ0) is 19.2. The van der Waals surface area contributed by atoms with E-state index in [1.807, 2.05) is 23.7 Å². The van der Waals surface area contributed by atoms with Gasteiger partial charge in [0.15, 0.2) is 0 Å². The van der Waals surface area contributed by atoms with Crippen LogP contribution in [-0.4, -0.2) is 24.1 Å². The van der Waals surface area contributed by atoms with E-state index in [0.29, 0.717) is 19.8 Å². The number of ether oxygens (including phenoxy) is 1. The summed E-state index contributed by atoms with van der Waals surface area (Å²) in [5, 5.41) is 5.21. The Labute approximate surface area is 169 Å². The summed E-state index contributed by atoms with van der Waals surface area (Å²) < 4.78 is 5.57. The first-order valence-electron chi connectivity index (χ1n) is 9.63. The van der Waals surface area contributed by atoms with E-state index in [0.717, 1.165) is 30.4 Å². The molecule has 1 aliphatic heterocycles. The molecule has 3 aromatic rings. The van der Waals surface area contributed by atoms with Crippen molar-refractivity contribution in [1.82, 2.24) is 10.3 Å². The van der Waals surface area contributed by atoms with E-state index in [2.05, 4.69) is 46.7 Å². The fourth-order valence-electron chi connectivity index (χ4n) is 3.80. The fraction of sp³-hybridized carbons (Fsp3) is 0.304. The van der Waals surface area contributed by atoms with Gasteiger partial charge in [0, 0.05) is 30.5 Å². The zero-order valence-corrected chi connectivity index (χ0v) is 16.6. The molecule has 0 unspecified atom stereocenters. The van der Waals surface area contributed by atoms with Crippen LogP contribution in [0.3, 0.4) is 0 Å². The van der Waals surface area contributed by atoms with Gasteiger partial charge in [-0.2, -0.15) is 0 Å². The van der Waals surface area contributed by atoms with Gasteiger partial charge in [0.25, 0.3) is 0 Å². The number of thiophene rings is 1. The monoisotopic (exact) mass is 392 g/mol. The van der Waals surface area contributed by atoms with Crippen molar-refractivity contribution < 1.29 is 9.53 Å². The summed E-state index contributed by atoms with van der Waals surface area (Å²) >= 11 is 1.67. The largest absolute Gasteiger partial charge is 0.381 e. The molecular weight excluding hydrogens is 368 g/mol. The molecule has 1 aromatic carbocycles. The molecule has 0 saturated carbocycles. The van der Waals surface area contributed by atoms with Gasteiger partial charge in [-0.25, -0.2) is 0 Å². The maximum atomic E-state index is 13.2. The van der Waals surface area contributed by atoms with Crippen LogP contribution in [0.5, 0.6) is 0 Å². The number of nitrogens with one attached hydrogen (secondary N) is 1. The molecule has 28 heavy (non-hydrogen) atoms. The lowest BCUT2D eigenvalue weighted by Crippen LogP contribution is -2.45. The van der Waals surface area contributed by atoms with Crippen LogP contribution < -0.4 is 5.32 Å². The van der Waals surface area contributed by atoms with Gasteiger partial charge in [0.1, 0.15) is 0 Å². The second-order valence-electron chi connectivity index (χ2n) is 7.27. The van der Waals surface area contributed by atoms with Crippen molar-refractivity contribution in [3.8, 4) is 11.1 Å². The first-order chi connectivity index (χ1) is 13.8. The van der Waals surface area contributed by atoms with E-state index in [-0.39, 0.29) is 5.91 Å². The fourth-order valence-corrected chi connectivity index (χ4v) is 4.44. The van der Waals surface area contributed by atoms with Crippen LogP contribution in [0, 0.1) is 5.41 Å². The van der Waals surface area contributed by atoms with Gasteiger partial charge in [0.05, 0.1) is 12.0 Å². The first kappa shape index (κ1) is 18.8.